The maximum Gasteiger partial charge on any atom is 0.0945 e. The van der Waals surface area contributed by atoms with E-state index in [1.165, 1.54) is 5.57 Å². The molecule has 0 amide bonds. The Morgan fingerprint density at radius 1 is 1.40 bits per heavy atom. The van der Waals surface area contributed by atoms with Crippen molar-refractivity contribution in [1.29, 1.82) is 0 Å². The minimum atomic E-state index is 0.477. The van der Waals surface area contributed by atoms with Crippen LogP contribution in [-0.4, -0.2) is 4.98 Å². The minimum absolute atomic E-state index is 0.477. The second-order valence-corrected chi connectivity index (χ2v) is 3.85. The summed E-state index contributed by atoms with van der Waals surface area (Å²) in [6.45, 7) is 2.20. The molecular weight excluding hydrogens is 184 g/mol. The summed E-state index contributed by atoms with van der Waals surface area (Å²) in [6.07, 6.45) is 9.35. The van der Waals surface area contributed by atoms with Gasteiger partial charge in [0.25, 0.3) is 0 Å². The van der Waals surface area contributed by atoms with Crippen LogP contribution in [0.3, 0.4) is 0 Å². The molecule has 0 saturated carbocycles. The number of aromatic nitrogens is 1. The van der Waals surface area contributed by atoms with Gasteiger partial charge in [-0.1, -0.05) is 19.1 Å². The molecule has 1 aromatic heterocycles. The summed E-state index contributed by atoms with van der Waals surface area (Å²) >= 11 is 0. The molecule has 2 aliphatic rings. The highest BCUT2D eigenvalue weighted by Crippen LogP contribution is 2.29. The van der Waals surface area contributed by atoms with E-state index in [4.69, 9.17) is 0 Å². The van der Waals surface area contributed by atoms with E-state index in [0.29, 0.717) is 5.92 Å². The van der Waals surface area contributed by atoms with Gasteiger partial charge in [-0.25, -0.2) is 4.99 Å². The first kappa shape index (κ1) is 8.60. The molecule has 0 aromatic carbocycles. The number of hydrogen-bond acceptors (Lipinski definition) is 2. The van der Waals surface area contributed by atoms with Gasteiger partial charge >= 0.3 is 0 Å². The fourth-order valence-corrected chi connectivity index (χ4v) is 2.22. The van der Waals surface area contributed by atoms with E-state index in [9.17, 15) is 0 Å². The van der Waals surface area contributed by atoms with E-state index in [1.54, 1.807) is 0 Å². The van der Waals surface area contributed by atoms with Gasteiger partial charge in [0.15, 0.2) is 0 Å². The molecule has 2 heterocycles. The third-order valence-corrected chi connectivity index (χ3v) is 2.97. The molecule has 1 aliphatic heterocycles. The number of allylic oxidation sites excluding steroid dienone is 4. The van der Waals surface area contributed by atoms with Crippen LogP contribution in [0.25, 0.3) is 5.57 Å². The Morgan fingerprint density at radius 2 is 2.33 bits per heavy atom. The van der Waals surface area contributed by atoms with Crippen molar-refractivity contribution in [2.75, 3.05) is 0 Å². The molecule has 15 heavy (non-hydrogen) atoms. The molecule has 2 nitrogen and oxygen atoms in total. The molecule has 74 valence electrons. The molecule has 1 aliphatic carbocycles. The summed E-state index contributed by atoms with van der Waals surface area (Å²) < 4.78 is 0. The summed E-state index contributed by atoms with van der Waals surface area (Å²) in [7, 11) is 0. The maximum absolute atomic E-state index is 4.58. The van der Waals surface area contributed by atoms with Crippen LogP contribution < -0.4 is 10.7 Å². The zero-order valence-corrected chi connectivity index (χ0v) is 8.64. The van der Waals surface area contributed by atoms with E-state index in [2.05, 4.69) is 35.1 Å². The summed E-state index contributed by atoms with van der Waals surface area (Å²) in [4.78, 5) is 9.02. The molecule has 0 radical (unpaired) electrons. The zero-order chi connectivity index (χ0) is 10.3. The van der Waals surface area contributed by atoms with Crippen LogP contribution in [0.5, 0.6) is 0 Å². The molecule has 1 atom stereocenters. The number of pyridine rings is 1. The van der Waals surface area contributed by atoms with Crippen molar-refractivity contribution in [3.8, 4) is 0 Å². The fraction of sp³-hybridized carbons (Fsp3) is 0.231. The van der Waals surface area contributed by atoms with E-state index in [1.807, 2.05) is 18.3 Å². The quantitative estimate of drug-likeness (QED) is 0.665. The predicted octanol–water partition coefficient (Wildman–Crippen LogP) is 1.35. The number of rotatable bonds is 1. The average Bonchev–Trinajstić information content (AvgIpc) is 2.67. The summed E-state index contributed by atoms with van der Waals surface area (Å²) in [6, 6.07) is 3.97. The lowest BCUT2D eigenvalue weighted by molar-refractivity contribution is 0.781. The molecule has 3 rings (SSSR count). The topological polar surface area (TPSA) is 25.2 Å². The number of fused-ring (bicyclic) bond motifs is 2. The van der Waals surface area contributed by atoms with Crippen molar-refractivity contribution in [1.82, 2.24) is 4.98 Å². The monoisotopic (exact) mass is 196 g/mol. The lowest BCUT2D eigenvalue weighted by atomic mass is 9.90. The molecule has 0 fully saturated rings. The highest BCUT2D eigenvalue weighted by atomic mass is 14.8. The lowest BCUT2D eigenvalue weighted by Crippen LogP contribution is -2.27. The Kier molecular flexibility index (Phi) is 1.81. The molecular formula is C13H12N2. The van der Waals surface area contributed by atoms with E-state index in [0.717, 1.165) is 22.8 Å². The maximum atomic E-state index is 4.58. The molecule has 0 bridgehead atoms. The van der Waals surface area contributed by atoms with Crippen molar-refractivity contribution in [3.05, 3.63) is 53.0 Å². The van der Waals surface area contributed by atoms with Gasteiger partial charge in [-0.3, -0.25) is 4.98 Å². The Morgan fingerprint density at radius 3 is 3.20 bits per heavy atom. The Hall–Kier alpha value is -1.70. The predicted molar refractivity (Wildman–Crippen MR) is 59.4 cm³/mol. The Balaban J connectivity index is 2.36. The highest BCUT2D eigenvalue weighted by Gasteiger charge is 2.21. The normalized spacial score (nSPS) is 21.8. The smallest absolute Gasteiger partial charge is 0.0945 e. The van der Waals surface area contributed by atoms with Gasteiger partial charge in [-0.05, 0) is 24.6 Å². The summed E-state index contributed by atoms with van der Waals surface area (Å²) in [5.41, 5.74) is 2.40. The van der Waals surface area contributed by atoms with Crippen molar-refractivity contribution < 1.29 is 0 Å². The van der Waals surface area contributed by atoms with Gasteiger partial charge in [0, 0.05) is 17.7 Å². The van der Waals surface area contributed by atoms with Gasteiger partial charge in [0.05, 0.1) is 16.4 Å². The van der Waals surface area contributed by atoms with Gasteiger partial charge in [0.1, 0.15) is 0 Å². The first-order chi connectivity index (χ1) is 7.40. The second-order valence-electron chi connectivity index (χ2n) is 3.85. The first-order valence-corrected chi connectivity index (χ1v) is 5.33. The third kappa shape index (κ3) is 1.18. The number of nitrogens with zero attached hydrogens (tertiary/aromatic N) is 2. The van der Waals surface area contributed by atoms with Gasteiger partial charge in [0.2, 0.25) is 0 Å². The lowest BCUT2D eigenvalue weighted by Gasteiger charge is -2.15. The molecule has 1 aromatic rings. The van der Waals surface area contributed by atoms with Crippen LogP contribution in [0.15, 0.2) is 47.2 Å². The molecule has 1 unspecified atom stereocenters. The van der Waals surface area contributed by atoms with Crippen LogP contribution >= 0.6 is 0 Å². The minimum Gasteiger partial charge on any atom is -0.254 e. The summed E-state index contributed by atoms with van der Waals surface area (Å²) in [5.74, 6) is 0.477. The van der Waals surface area contributed by atoms with Crippen LogP contribution in [0.1, 0.15) is 13.3 Å². The molecule has 2 heteroatoms. The van der Waals surface area contributed by atoms with E-state index >= 15 is 0 Å². The zero-order valence-electron chi connectivity index (χ0n) is 8.64. The van der Waals surface area contributed by atoms with Crippen molar-refractivity contribution in [3.63, 3.8) is 0 Å². The molecule has 0 saturated heterocycles. The number of hydrogen-bond donors (Lipinski definition) is 0. The first-order valence-electron chi connectivity index (χ1n) is 5.33. The Bertz CT molecular complexity index is 579. The third-order valence-electron chi connectivity index (χ3n) is 2.97. The van der Waals surface area contributed by atoms with Crippen LogP contribution in [0.2, 0.25) is 0 Å². The van der Waals surface area contributed by atoms with Crippen LogP contribution in [0, 0.1) is 5.92 Å². The van der Waals surface area contributed by atoms with Crippen molar-refractivity contribution >= 4 is 5.57 Å². The van der Waals surface area contributed by atoms with Gasteiger partial charge < -0.3 is 0 Å². The highest BCUT2D eigenvalue weighted by molar-refractivity contribution is 5.70. The fourth-order valence-electron chi connectivity index (χ4n) is 2.22. The Labute approximate surface area is 88.4 Å². The van der Waals surface area contributed by atoms with E-state index < -0.39 is 0 Å². The average molecular weight is 196 g/mol. The van der Waals surface area contributed by atoms with Crippen LogP contribution in [0.4, 0.5) is 0 Å². The van der Waals surface area contributed by atoms with E-state index in [-0.39, 0.29) is 0 Å². The standard InChI is InChI=1S/C13H12N2/c1-2-9-5-3-6-10-12(9)13-11(15-10)7-4-8-14-13/h3-9H,2H2,1H3. The van der Waals surface area contributed by atoms with Gasteiger partial charge in [-0.15, -0.1) is 0 Å². The SMILES string of the molecule is CCC1C=CC=C2N=c3cccnc3=C21. The largest absolute Gasteiger partial charge is 0.254 e. The molecule has 0 spiro atoms. The summed E-state index contributed by atoms with van der Waals surface area (Å²) in [5, 5.41) is 2.08. The van der Waals surface area contributed by atoms with Crippen molar-refractivity contribution in [2.45, 2.75) is 13.3 Å². The molecule has 0 N–H and O–H groups in total. The van der Waals surface area contributed by atoms with Crippen LogP contribution in [-0.2, 0) is 0 Å². The van der Waals surface area contributed by atoms with Crippen molar-refractivity contribution in [2.24, 2.45) is 10.9 Å². The van der Waals surface area contributed by atoms with Gasteiger partial charge in [-0.2, -0.15) is 0 Å². The second kappa shape index (κ2) is 3.16.